The number of benzene rings is 1. The zero-order chi connectivity index (χ0) is 13.5. The molecule has 2 rings (SSSR count). The van der Waals surface area contributed by atoms with E-state index in [9.17, 15) is 0 Å². The summed E-state index contributed by atoms with van der Waals surface area (Å²) in [6.07, 6.45) is 5.79. The van der Waals surface area contributed by atoms with Gasteiger partial charge >= 0.3 is 0 Å². The fourth-order valence-electron chi connectivity index (χ4n) is 2.48. The third-order valence-electron chi connectivity index (χ3n) is 3.39. The highest BCUT2D eigenvalue weighted by atomic mass is 16.3. The third-order valence-corrected chi connectivity index (χ3v) is 3.39. The summed E-state index contributed by atoms with van der Waals surface area (Å²) < 4.78 is 5.17. The van der Waals surface area contributed by atoms with Crippen molar-refractivity contribution in [1.82, 2.24) is 5.32 Å². The standard InChI is InChI=1S/C17H23NO/c1-3-18-12-17(11-16-7-8-19-13-16)10-15-6-4-5-14(2)9-15/h4-9,13,17-18H,3,10-12H2,1-2H3. The number of nitrogens with one attached hydrogen (secondary N) is 1. The summed E-state index contributed by atoms with van der Waals surface area (Å²) >= 11 is 0. The summed E-state index contributed by atoms with van der Waals surface area (Å²) in [7, 11) is 0. The summed E-state index contributed by atoms with van der Waals surface area (Å²) in [5.74, 6) is 0.611. The Morgan fingerprint density at radius 1 is 1.16 bits per heavy atom. The number of rotatable bonds is 7. The van der Waals surface area contributed by atoms with Crippen LogP contribution in [0, 0.1) is 12.8 Å². The van der Waals surface area contributed by atoms with Crippen LogP contribution in [0.3, 0.4) is 0 Å². The number of hydrogen-bond donors (Lipinski definition) is 1. The smallest absolute Gasteiger partial charge is 0.0934 e. The van der Waals surface area contributed by atoms with Crippen molar-refractivity contribution in [2.24, 2.45) is 5.92 Å². The molecule has 0 aliphatic rings. The summed E-state index contributed by atoms with van der Waals surface area (Å²) in [5, 5.41) is 3.47. The van der Waals surface area contributed by atoms with E-state index >= 15 is 0 Å². The Kier molecular flexibility index (Phi) is 5.22. The first-order valence-corrected chi connectivity index (χ1v) is 7.05. The molecule has 2 heteroatoms. The maximum absolute atomic E-state index is 5.17. The Balaban J connectivity index is 2.00. The third kappa shape index (κ3) is 4.56. The Morgan fingerprint density at radius 2 is 2.00 bits per heavy atom. The Bertz CT molecular complexity index is 476. The van der Waals surface area contributed by atoms with Crippen molar-refractivity contribution < 1.29 is 4.42 Å². The Hall–Kier alpha value is -1.54. The van der Waals surface area contributed by atoms with Crippen LogP contribution in [-0.4, -0.2) is 13.1 Å². The minimum Gasteiger partial charge on any atom is -0.472 e. The van der Waals surface area contributed by atoms with Gasteiger partial charge in [0.05, 0.1) is 12.5 Å². The lowest BCUT2D eigenvalue weighted by atomic mass is 9.93. The Labute approximate surface area is 115 Å². The molecule has 1 aromatic carbocycles. The van der Waals surface area contributed by atoms with Crippen molar-refractivity contribution in [2.75, 3.05) is 13.1 Å². The normalized spacial score (nSPS) is 12.5. The van der Waals surface area contributed by atoms with Gasteiger partial charge in [0.15, 0.2) is 0 Å². The minimum absolute atomic E-state index is 0.611. The summed E-state index contributed by atoms with van der Waals surface area (Å²) in [6.45, 7) is 6.38. The molecule has 0 radical (unpaired) electrons. The van der Waals surface area contributed by atoms with E-state index in [1.54, 1.807) is 6.26 Å². The summed E-state index contributed by atoms with van der Waals surface area (Å²) in [4.78, 5) is 0. The van der Waals surface area contributed by atoms with Gasteiger partial charge in [-0.05, 0) is 56.0 Å². The lowest BCUT2D eigenvalue weighted by Gasteiger charge is -2.17. The zero-order valence-corrected chi connectivity index (χ0v) is 11.9. The molecule has 1 atom stereocenters. The topological polar surface area (TPSA) is 25.2 Å². The van der Waals surface area contributed by atoms with E-state index in [0.29, 0.717) is 5.92 Å². The van der Waals surface area contributed by atoms with Crippen LogP contribution in [-0.2, 0) is 12.8 Å². The first kappa shape index (κ1) is 13.9. The predicted molar refractivity (Wildman–Crippen MR) is 79.3 cm³/mol. The molecule has 19 heavy (non-hydrogen) atoms. The molecule has 102 valence electrons. The highest BCUT2D eigenvalue weighted by molar-refractivity contribution is 5.23. The molecule has 1 heterocycles. The SMILES string of the molecule is CCNCC(Cc1ccoc1)Cc1cccc(C)c1. The monoisotopic (exact) mass is 257 g/mol. The molecule has 0 spiro atoms. The molecule has 0 saturated heterocycles. The average Bonchev–Trinajstić information content (AvgIpc) is 2.89. The highest BCUT2D eigenvalue weighted by Crippen LogP contribution is 2.15. The molecule has 0 fully saturated rings. The number of furan rings is 1. The van der Waals surface area contributed by atoms with Crippen molar-refractivity contribution in [1.29, 1.82) is 0 Å². The molecule has 1 unspecified atom stereocenters. The summed E-state index contributed by atoms with van der Waals surface area (Å²) in [5.41, 5.74) is 4.05. The maximum Gasteiger partial charge on any atom is 0.0934 e. The van der Waals surface area contributed by atoms with Gasteiger partial charge in [-0.25, -0.2) is 0 Å². The minimum atomic E-state index is 0.611. The van der Waals surface area contributed by atoms with Gasteiger partial charge in [-0.3, -0.25) is 0 Å². The molecule has 0 aliphatic carbocycles. The van der Waals surface area contributed by atoms with Crippen LogP contribution in [0.2, 0.25) is 0 Å². The predicted octanol–water partition coefficient (Wildman–Crippen LogP) is 3.60. The van der Waals surface area contributed by atoms with Gasteiger partial charge in [-0.2, -0.15) is 0 Å². The lowest BCUT2D eigenvalue weighted by molar-refractivity contribution is 0.474. The van der Waals surface area contributed by atoms with Crippen molar-refractivity contribution in [3.8, 4) is 0 Å². The molecule has 0 bridgehead atoms. The second-order valence-electron chi connectivity index (χ2n) is 5.20. The van der Waals surface area contributed by atoms with Crippen LogP contribution in [0.5, 0.6) is 0 Å². The average molecular weight is 257 g/mol. The molecular formula is C17H23NO. The number of hydrogen-bond acceptors (Lipinski definition) is 2. The van der Waals surface area contributed by atoms with Crippen molar-refractivity contribution >= 4 is 0 Å². The zero-order valence-electron chi connectivity index (χ0n) is 11.9. The Morgan fingerprint density at radius 3 is 2.68 bits per heavy atom. The van der Waals surface area contributed by atoms with Gasteiger partial charge in [0.25, 0.3) is 0 Å². The van der Waals surface area contributed by atoms with Crippen molar-refractivity contribution in [3.63, 3.8) is 0 Å². The van der Waals surface area contributed by atoms with E-state index < -0.39 is 0 Å². The molecule has 1 aromatic heterocycles. The second-order valence-corrected chi connectivity index (χ2v) is 5.20. The molecule has 0 amide bonds. The molecule has 2 nitrogen and oxygen atoms in total. The van der Waals surface area contributed by atoms with Gasteiger partial charge in [0, 0.05) is 0 Å². The fraction of sp³-hybridized carbons (Fsp3) is 0.412. The lowest BCUT2D eigenvalue weighted by Crippen LogP contribution is -2.25. The molecular weight excluding hydrogens is 234 g/mol. The van der Waals surface area contributed by atoms with Gasteiger partial charge in [-0.1, -0.05) is 36.8 Å². The molecule has 2 aromatic rings. The fourth-order valence-corrected chi connectivity index (χ4v) is 2.48. The van der Waals surface area contributed by atoms with E-state index in [0.717, 1.165) is 25.9 Å². The van der Waals surface area contributed by atoms with Crippen molar-refractivity contribution in [2.45, 2.75) is 26.7 Å². The van der Waals surface area contributed by atoms with Crippen LogP contribution in [0.4, 0.5) is 0 Å². The largest absolute Gasteiger partial charge is 0.472 e. The molecule has 0 aliphatic heterocycles. The molecule has 0 saturated carbocycles. The van der Waals surface area contributed by atoms with Gasteiger partial charge in [0.2, 0.25) is 0 Å². The quantitative estimate of drug-likeness (QED) is 0.820. The van der Waals surface area contributed by atoms with Gasteiger partial charge in [-0.15, -0.1) is 0 Å². The second kappa shape index (κ2) is 7.15. The van der Waals surface area contributed by atoms with Crippen LogP contribution in [0.15, 0.2) is 47.3 Å². The van der Waals surface area contributed by atoms with Crippen LogP contribution < -0.4 is 5.32 Å². The van der Waals surface area contributed by atoms with Crippen LogP contribution >= 0.6 is 0 Å². The van der Waals surface area contributed by atoms with Crippen molar-refractivity contribution in [3.05, 3.63) is 59.5 Å². The van der Waals surface area contributed by atoms with E-state index in [1.807, 2.05) is 6.26 Å². The summed E-state index contributed by atoms with van der Waals surface area (Å²) in [6, 6.07) is 10.9. The van der Waals surface area contributed by atoms with Gasteiger partial charge in [0.1, 0.15) is 0 Å². The first-order chi connectivity index (χ1) is 9.28. The van der Waals surface area contributed by atoms with E-state index in [2.05, 4.69) is 49.5 Å². The maximum atomic E-state index is 5.17. The van der Waals surface area contributed by atoms with Gasteiger partial charge < -0.3 is 9.73 Å². The van der Waals surface area contributed by atoms with E-state index in [1.165, 1.54) is 16.7 Å². The molecule has 1 N–H and O–H groups in total. The van der Waals surface area contributed by atoms with E-state index in [-0.39, 0.29) is 0 Å². The van der Waals surface area contributed by atoms with Crippen LogP contribution in [0.25, 0.3) is 0 Å². The highest BCUT2D eigenvalue weighted by Gasteiger charge is 2.11. The van der Waals surface area contributed by atoms with Crippen LogP contribution in [0.1, 0.15) is 23.6 Å². The van der Waals surface area contributed by atoms with E-state index in [4.69, 9.17) is 4.42 Å². The number of aryl methyl sites for hydroxylation is 1. The first-order valence-electron chi connectivity index (χ1n) is 7.05.